The molecule has 1 aliphatic carbocycles. The van der Waals surface area contributed by atoms with Gasteiger partial charge in [0.2, 0.25) is 0 Å². The quantitative estimate of drug-likeness (QED) is 0.512. The largest absolute Gasteiger partial charge is 0.365 e. The summed E-state index contributed by atoms with van der Waals surface area (Å²) >= 11 is 0. The summed E-state index contributed by atoms with van der Waals surface area (Å²) in [4.78, 5) is 16.3. The summed E-state index contributed by atoms with van der Waals surface area (Å²) in [6, 6.07) is 6.67. The fourth-order valence-electron chi connectivity index (χ4n) is 4.04. The van der Waals surface area contributed by atoms with Crippen LogP contribution in [0.5, 0.6) is 0 Å². The molecule has 1 amide bonds. The predicted octanol–water partition coefficient (Wildman–Crippen LogP) is 2.94. The molecular weight excluding hydrogens is 385 g/mol. The van der Waals surface area contributed by atoms with E-state index in [9.17, 15) is 9.18 Å². The van der Waals surface area contributed by atoms with Gasteiger partial charge in [-0.3, -0.25) is 9.48 Å². The van der Waals surface area contributed by atoms with Crippen molar-refractivity contribution in [2.75, 3.05) is 10.6 Å². The van der Waals surface area contributed by atoms with E-state index < -0.39 is 11.7 Å². The number of hydrogen-bond donors (Lipinski definition) is 4. The molecular formula is C21H26FN7O. The fraction of sp³-hybridized carbons (Fsp3) is 0.381. The van der Waals surface area contributed by atoms with E-state index >= 15 is 0 Å². The van der Waals surface area contributed by atoms with E-state index in [1.807, 2.05) is 32.2 Å². The zero-order valence-electron chi connectivity index (χ0n) is 17.1. The summed E-state index contributed by atoms with van der Waals surface area (Å²) in [6.07, 6.45) is 3.83. The first-order valence-corrected chi connectivity index (χ1v) is 10.1. The molecule has 0 spiro atoms. The Kier molecular flexibility index (Phi) is 5.29. The highest BCUT2D eigenvalue weighted by molar-refractivity contribution is 5.99. The smallest absolute Gasteiger partial charge is 0.252 e. The van der Waals surface area contributed by atoms with Gasteiger partial charge in [-0.2, -0.15) is 5.10 Å². The van der Waals surface area contributed by atoms with Gasteiger partial charge < -0.3 is 22.1 Å². The molecule has 0 radical (unpaired) electrons. The number of rotatable bonds is 5. The van der Waals surface area contributed by atoms with E-state index in [1.165, 1.54) is 0 Å². The number of aryl methyl sites for hydroxylation is 2. The van der Waals surface area contributed by atoms with E-state index in [-0.39, 0.29) is 29.3 Å². The average Bonchev–Trinajstić information content (AvgIpc) is 2.99. The Bertz CT molecular complexity index is 1110. The second-order valence-corrected chi connectivity index (χ2v) is 7.84. The zero-order valence-corrected chi connectivity index (χ0v) is 17.1. The first kappa shape index (κ1) is 20.1. The summed E-state index contributed by atoms with van der Waals surface area (Å²) in [6.45, 7) is 1.92. The van der Waals surface area contributed by atoms with Crippen molar-refractivity contribution in [3.8, 4) is 0 Å². The Morgan fingerprint density at radius 3 is 2.73 bits per heavy atom. The number of aromatic nitrogens is 3. The maximum atomic E-state index is 14.7. The van der Waals surface area contributed by atoms with Gasteiger partial charge in [0.1, 0.15) is 5.82 Å². The first-order valence-electron chi connectivity index (χ1n) is 10.1. The highest BCUT2D eigenvalue weighted by Gasteiger charge is 2.24. The Balaban J connectivity index is 1.68. The molecule has 1 aliphatic rings. The van der Waals surface area contributed by atoms with Crippen LogP contribution >= 0.6 is 0 Å². The lowest BCUT2D eigenvalue weighted by Gasteiger charge is -2.30. The molecule has 8 nitrogen and oxygen atoms in total. The minimum absolute atomic E-state index is 0.0194. The average molecular weight is 411 g/mol. The van der Waals surface area contributed by atoms with Gasteiger partial charge in [0.25, 0.3) is 5.91 Å². The molecule has 30 heavy (non-hydrogen) atoms. The van der Waals surface area contributed by atoms with Crippen LogP contribution in [0.25, 0.3) is 10.9 Å². The molecule has 158 valence electrons. The van der Waals surface area contributed by atoms with Crippen molar-refractivity contribution in [3.05, 3.63) is 41.3 Å². The third kappa shape index (κ3) is 3.80. The van der Waals surface area contributed by atoms with Crippen molar-refractivity contribution < 1.29 is 9.18 Å². The highest BCUT2D eigenvalue weighted by Crippen LogP contribution is 2.28. The van der Waals surface area contributed by atoms with Crippen molar-refractivity contribution in [3.63, 3.8) is 0 Å². The Hall–Kier alpha value is -3.20. The lowest BCUT2D eigenvalue weighted by Crippen LogP contribution is -2.43. The van der Waals surface area contributed by atoms with Crippen LogP contribution in [0, 0.1) is 12.7 Å². The summed E-state index contributed by atoms with van der Waals surface area (Å²) < 4.78 is 16.5. The summed E-state index contributed by atoms with van der Waals surface area (Å²) in [5.41, 5.74) is 14.2. The van der Waals surface area contributed by atoms with Crippen LogP contribution in [-0.2, 0) is 7.05 Å². The number of fused-ring (bicyclic) bond motifs is 1. The van der Waals surface area contributed by atoms with Gasteiger partial charge in [-0.25, -0.2) is 9.37 Å². The Morgan fingerprint density at radius 2 is 2.00 bits per heavy atom. The van der Waals surface area contributed by atoms with E-state index in [1.54, 1.807) is 4.68 Å². The molecule has 0 unspecified atom stereocenters. The van der Waals surface area contributed by atoms with Crippen LogP contribution in [0.15, 0.2) is 24.3 Å². The van der Waals surface area contributed by atoms with Gasteiger partial charge in [-0.15, -0.1) is 0 Å². The molecule has 3 aromatic rings. The van der Waals surface area contributed by atoms with E-state index in [4.69, 9.17) is 11.5 Å². The number of carbonyl (C=O) groups is 1. The van der Waals surface area contributed by atoms with Crippen LogP contribution < -0.4 is 22.1 Å². The number of nitrogens with one attached hydrogen (secondary N) is 2. The highest BCUT2D eigenvalue weighted by atomic mass is 19.1. The number of primary amides is 1. The minimum Gasteiger partial charge on any atom is -0.365 e. The molecule has 0 saturated heterocycles. The normalized spacial score (nSPS) is 19.1. The number of pyridine rings is 1. The molecule has 1 fully saturated rings. The predicted molar refractivity (Wildman–Crippen MR) is 115 cm³/mol. The van der Waals surface area contributed by atoms with Crippen molar-refractivity contribution in [1.29, 1.82) is 0 Å². The maximum Gasteiger partial charge on any atom is 0.252 e. The molecule has 2 heterocycles. The van der Waals surface area contributed by atoms with Crippen molar-refractivity contribution >= 4 is 34.1 Å². The van der Waals surface area contributed by atoms with Gasteiger partial charge in [0.15, 0.2) is 11.6 Å². The van der Waals surface area contributed by atoms with Crippen molar-refractivity contribution in [2.24, 2.45) is 18.5 Å². The summed E-state index contributed by atoms with van der Waals surface area (Å²) in [7, 11) is 1.88. The number of benzene rings is 1. The molecule has 2 atom stereocenters. The molecule has 4 rings (SSSR count). The molecule has 6 N–H and O–H groups in total. The third-order valence-electron chi connectivity index (χ3n) is 5.68. The van der Waals surface area contributed by atoms with Crippen LogP contribution in [0.2, 0.25) is 0 Å². The van der Waals surface area contributed by atoms with Gasteiger partial charge in [-0.05, 0) is 44.0 Å². The topological polar surface area (TPSA) is 124 Å². The van der Waals surface area contributed by atoms with Crippen LogP contribution in [0.1, 0.15) is 41.7 Å². The Morgan fingerprint density at radius 1 is 1.23 bits per heavy atom. The molecule has 2 aromatic heterocycles. The van der Waals surface area contributed by atoms with Crippen LogP contribution in [-0.4, -0.2) is 32.8 Å². The number of hydrogen-bond acceptors (Lipinski definition) is 6. The summed E-state index contributed by atoms with van der Waals surface area (Å²) in [5, 5.41) is 11.6. The monoisotopic (exact) mass is 411 g/mol. The molecule has 0 bridgehead atoms. The number of amides is 1. The second kappa shape index (κ2) is 7.91. The lowest BCUT2D eigenvalue weighted by molar-refractivity contribution is 0.100. The van der Waals surface area contributed by atoms with Gasteiger partial charge in [0.05, 0.1) is 16.8 Å². The van der Waals surface area contributed by atoms with Crippen molar-refractivity contribution in [1.82, 2.24) is 14.8 Å². The van der Waals surface area contributed by atoms with Gasteiger partial charge in [0, 0.05) is 30.2 Å². The van der Waals surface area contributed by atoms with Gasteiger partial charge in [-0.1, -0.05) is 12.8 Å². The number of carbonyl (C=O) groups excluding carboxylic acids is 1. The van der Waals surface area contributed by atoms with Crippen molar-refractivity contribution in [2.45, 2.75) is 44.7 Å². The van der Waals surface area contributed by atoms with E-state index in [2.05, 4.69) is 20.7 Å². The molecule has 1 saturated carbocycles. The summed E-state index contributed by atoms with van der Waals surface area (Å²) in [5.74, 6) is -1.14. The molecule has 9 heteroatoms. The fourth-order valence-corrected chi connectivity index (χ4v) is 4.04. The van der Waals surface area contributed by atoms with Gasteiger partial charge >= 0.3 is 0 Å². The van der Waals surface area contributed by atoms with Crippen LogP contribution in [0.3, 0.4) is 0 Å². The number of halogens is 1. The third-order valence-corrected chi connectivity index (χ3v) is 5.68. The standard InChI is InChI=1S/C21H26FN7O/c1-11-13-9-12(7-8-18(13)29(2)28-11)25-20-14(19(24)30)10-15(22)21(27-20)26-17-6-4-3-5-16(17)23/h7-10,16-17H,3-6,23H2,1-2H3,(H2,24,30)(H2,25,26,27)/t16-,17+/m1/s1. The maximum absolute atomic E-state index is 14.7. The lowest BCUT2D eigenvalue weighted by atomic mass is 9.91. The van der Waals surface area contributed by atoms with E-state index in [0.29, 0.717) is 5.69 Å². The zero-order chi connectivity index (χ0) is 21.4. The van der Waals surface area contributed by atoms with Crippen LogP contribution in [0.4, 0.5) is 21.7 Å². The SMILES string of the molecule is Cc1nn(C)c2ccc(Nc3nc(N[C@H]4CCCC[C@H]4N)c(F)cc3C(N)=O)cc12. The number of anilines is 3. The molecule has 0 aliphatic heterocycles. The Labute approximate surface area is 173 Å². The molecule has 1 aromatic carbocycles. The first-order chi connectivity index (χ1) is 14.3. The van der Waals surface area contributed by atoms with E-state index in [0.717, 1.165) is 48.3 Å². The minimum atomic E-state index is -0.761. The number of nitrogens with two attached hydrogens (primary N) is 2. The number of nitrogens with zero attached hydrogens (tertiary/aromatic N) is 3. The second-order valence-electron chi connectivity index (χ2n) is 7.84.